The number of nitrogens with one attached hydrogen (secondary N) is 6. The third-order valence-corrected chi connectivity index (χ3v) is 16.4. The summed E-state index contributed by atoms with van der Waals surface area (Å²) in [7, 11) is 10.9. The lowest BCUT2D eigenvalue weighted by Gasteiger charge is -2.18. The van der Waals surface area contributed by atoms with Crippen LogP contribution in [0.25, 0.3) is 0 Å². The Morgan fingerprint density at radius 3 is 0.889 bits per heavy atom. The molecule has 1 amide bonds. The van der Waals surface area contributed by atoms with E-state index in [0.29, 0.717) is 13.0 Å². The molecule has 0 saturated carbocycles. The van der Waals surface area contributed by atoms with E-state index in [4.69, 9.17) is 27.4 Å². The fourth-order valence-corrected chi connectivity index (χ4v) is 9.45. The van der Waals surface area contributed by atoms with Crippen molar-refractivity contribution in [3.8, 4) is 0 Å². The number of rotatable bonds is 64. The number of nitrogens with two attached hydrogens (primary N) is 3. The maximum absolute atomic E-state index is 11.9. The summed E-state index contributed by atoms with van der Waals surface area (Å²) in [5, 5.41) is 35.9. The molecular weight excluding hydrogens is 1260 g/mol. The highest BCUT2D eigenvalue weighted by Gasteiger charge is 2.38. The number of carboxylic acids is 2. The lowest BCUT2D eigenvalue weighted by atomic mass is 10.1. The molecule has 0 aromatic carbocycles. The molecule has 0 aliphatic rings. The van der Waals surface area contributed by atoms with Gasteiger partial charge in [0.05, 0.1) is 0 Å². The molecule has 19 nitrogen and oxygen atoms in total. The Morgan fingerprint density at radius 2 is 0.566 bits per heavy atom. The van der Waals surface area contributed by atoms with Crippen LogP contribution < -0.4 is 49.1 Å². The second kappa shape index (κ2) is 93.7. The fraction of sp³-hybridized carbons (Fsp3) is 0.961. The van der Waals surface area contributed by atoms with Crippen molar-refractivity contribution in [2.24, 2.45) is 17.2 Å². The second-order valence-electron chi connectivity index (χ2n) is 26.9. The van der Waals surface area contributed by atoms with Crippen molar-refractivity contribution < 1.29 is 37.8 Å². The van der Waals surface area contributed by atoms with Gasteiger partial charge in [-0.3, -0.25) is 14.4 Å². The van der Waals surface area contributed by atoms with Gasteiger partial charge in [-0.05, 0) is 308 Å². The summed E-state index contributed by atoms with van der Waals surface area (Å²) in [5.41, 5.74) is 16.2. The van der Waals surface area contributed by atoms with Crippen molar-refractivity contribution in [1.82, 2.24) is 56.4 Å². The van der Waals surface area contributed by atoms with Gasteiger partial charge in [0.15, 0.2) is 0 Å². The summed E-state index contributed by atoms with van der Waals surface area (Å²) in [4.78, 5) is 44.2. The zero-order chi connectivity index (χ0) is 76.1. The predicted molar refractivity (Wildman–Crippen MR) is 425 cm³/mol. The van der Waals surface area contributed by atoms with Crippen LogP contribution in [0.1, 0.15) is 288 Å². The number of amides is 1. The molecule has 14 N–H and O–H groups in total. The number of halogens is 3. The van der Waals surface area contributed by atoms with E-state index in [1.807, 2.05) is 5.32 Å². The molecule has 0 radical (unpaired) electrons. The lowest BCUT2D eigenvalue weighted by Crippen LogP contribution is -2.38. The Kier molecular flexibility index (Phi) is 104. The first-order valence-electron chi connectivity index (χ1n) is 40.5. The summed E-state index contributed by atoms with van der Waals surface area (Å²) in [6.07, 6.45) is 34.4. The van der Waals surface area contributed by atoms with E-state index in [1.54, 1.807) is 0 Å². The molecule has 0 aromatic rings. The van der Waals surface area contributed by atoms with Gasteiger partial charge in [0.2, 0.25) is 0 Å². The Labute approximate surface area is 611 Å². The highest BCUT2D eigenvalue weighted by molar-refractivity contribution is 5.81. The number of hydrogen-bond acceptors (Lipinski definition) is 16. The molecule has 0 fully saturated rings. The number of hydrogen-bond donors (Lipinski definition) is 11. The Hall–Kier alpha value is -2.32. The van der Waals surface area contributed by atoms with E-state index in [1.165, 1.54) is 161 Å². The Morgan fingerprint density at radius 1 is 0.313 bits per heavy atom. The summed E-state index contributed by atoms with van der Waals surface area (Å²) >= 11 is 0. The van der Waals surface area contributed by atoms with Gasteiger partial charge in [-0.25, -0.2) is 0 Å². The minimum atomic E-state index is -4.78. The van der Waals surface area contributed by atoms with Crippen LogP contribution in [-0.2, 0) is 14.4 Å². The molecule has 0 heterocycles. The molecule has 0 aliphatic heterocycles. The van der Waals surface area contributed by atoms with Gasteiger partial charge in [-0.2, -0.15) is 13.2 Å². The van der Waals surface area contributed by atoms with Crippen molar-refractivity contribution in [2.45, 2.75) is 306 Å². The van der Waals surface area contributed by atoms with Crippen LogP contribution in [0.2, 0.25) is 0 Å². The zero-order valence-corrected chi connectivity index (χ0v) is 68.0. The van der Waals surface area contributed by atoms with Gasteiger partial charge in [-0.1, -0.05) is 153 Å². The first kappa shape index (κ1) is 110. The number of unbranched alkanes of at least 4 members (excludes halogenated alkanes) is 15. The zero-order valence-electron chi connectivity index (χ0n) is 68.0. The van der Waals surface area contributed by atoms with Crippen LogP contribution in [0.3, 0.4) is 0 Å². The molecule has 0 rings (SSSR count). The molecular formula is C77H173F3N14O5. The number of carbonyl (C=O) groups excluding carboxylic acids is 1. The minimum absolute atomic E-state index is 0.0467. The van der Waals surface area contributed by atoms with Crippen molar-refractivity contribution in [1.29, 1.82) is 0 Å². The van der Waals surface area contributed by atoms with Gasteiger partial charge in [0.25, 0.3) is 0 Å². The molecule has 2 atom stereocenters. The summed E-state index contributed by atoms with van der Waals surface area (Å²) in [6, 6.07) is -0.704. The van der Waals surface area contributed by atoms with Crippen LogP contribution in [0.4, 0.5) is 13.2 Å². The van der Waals surface area contributed by atoms with Gasteiger partial charge in [0, 0.05) is 6.54 Å². The highest BCUT2D eigenvalue weighted by atomic mass is 19.4. The summed E-state index contributed by atoms with van der Waals surface area (Å²) in [5.74, 6) is -3.30. The van der Waals surface area contributed by atoms with Crippen molar-refractivity contribution in [3.05, 3.63) is 0 Å². The average molecular weight is 1430 g/mol. The number of nitrogens with zero attached hydrogens (tertiary/aromatic N) is 5. The third kappa shape index (κ3) is 104. The van der Waals surface area contributed by atoms with Crippen molar-refractivity contribution in [2.75, 3.05) is 179 Å². The summed E-state index contributed by atoms with van der Waals surface area (Å²) in [6.45, 7) is 43.8. The van der Waals surface area contributed by atoms with Crippen LogP contribution in [-0.4, -0.2) is 250 Å². The van der Waals surface area contributed by atoms with E-state index in [2.05, 4.69) is 156 Å². The van der Waals surface area contributed by atoms with Gasteiger partial charge < -0.3 is 83.8 Å². The molecule has 99 heavy (non-hydrogen) atoms. The molecule has 0 aliphatic carbocycles. The molecule has 0 spiro atoms. The van der Waals surface area contributed by atoms with E-state index < -0.39 is 24.0 Å². The summed E-state index contributed by atoms with van der Waals surface area (Å²) < 4.78 is 35.6. The average Bonchev–Trinajstić information content (AvgIpc) is 1.34. The monoisotopic (exact) mass is 1430 g/mol. The van der Waals surface area contributed by atoms with Crippen molar-refractivity contribution >= 4 is 17.8 Å². The third-order valence-electron chi connectivity index (χ3n) is 16.4. The SMILES string of the molecule is CCCCC(NCCCCN(C)CCCC)C(=O)O.CCCCCNCCCC.CCCCN(C)CCCCN.CCCCN(C)CCCCN(C)CCCN.CCCCN(C)CCCCNCCCNC(=O)C(F)(F)F.CCCCNC(CCCC)C(=O)O.CCCCNCCCN. The molecule has 602 valence electrons. The molecule has 0 saturated heterocycles. The van der Waals surface area contributed by atoms with E-state index >= 15 is 0 Å². The van der Waals surface area contributed by atoms with Gasteiger partial charge in [-0.15, -0.1) is 0 Å². The van der Waals surface area contributed by atoms with Gasteiger partial charge >= 0.3 is 24.0 Å². The number of alkyl halides is 3. The predicted octanol–water partition coefficient (Wildman–Crippen LogP) is 13.4. The Bertz CT molecular complexity index is 1500. The van der Waals surface area contributed by atoms with Crippen molar-refractivity contribution in [3.63, 3.8) is 0 Å². The van der Waals surface area contributed by atoms with Crippen LogP contribution in [0, 0.1) is 0 Å². The lowest BCUT2D eigenvalue weighted by molar-refractivity contribution is -0.173. The largest absolute Gasteiger partial charge is 0.480 e. The maximum atomic E-state index is 11.9. The fourth-order valence-electron chi connectivity index (χ4n) is 9.45. The molecule has 0 aromatic heterocycles. The van der Waals surface area contributed by atoms with E-state index in [9.17, 15) is 27.6 Å². The topological polar surface area (TPSA) is 258 Å². The second-order valence-corrected chi connectivity index (χ2v) is 26.9. The standard InChI is InChI=1S/C15H32N2O2.C14H28F3N3O.C13H31N3.C10H21NO2.C9H22N2.C9H21N.C7H18N2/c1-4-6-10-14(15(18)19)16-11-8-9-13-17(3)12-7-5-2;1-3-4-11-20(2)12-6-5-8-18-9-7-10-19-13(21)14(15,16)17;1-4-5-10-15(2)11-6-7-12-16(3)13-8-9-14;1-3-5-7-9(10(12)13)11-8-6-4-2;1-3-4-8-11(2)9-6-5-7-10;1-3-5-7-9-10-8-6-4-2;1-2-3-6-9-7-4-5-8/h14,16H,4-13H2,1-3H3,(H,18,19);18H,3-12H2,1-2H3,(H,19,21);4-14H2,1-3H3;9,11H,3-8H2,1-2H3,(H,12,13);3-10H2,1-2H3;10H,3-9H2,1-2H3;9H,2-8H2,1H3. The smallest absolute Gasteiger partial charge is 0.471 e. The van der Waals surface area contributed by atoms with E-state index in [0.717, 1.165) is 181 Å². The normalized spacial score (nSPS) is 11.7. The number of carboxylic acid groups (broad SMARTS) is 2. The molecule has 2 unspecified atom stereocenters. The quantitative estimate of drug-likeness (QED) is 0.0253. The highest BCUT2D eigenvalue weighted by Crippen LogP contribution is 2.14. The number of aliphatic carboxylic acids is 2. The minimum Gasteiger partial charge on any atom is -0.480 e. The molecule has 22 heteroatoms. The van der Waals surface area contributed by atoms with Crippen LogP contribution >= 0.6 is 0 Å². The molecule has 0 bridgehead atoms. The first-order valence-corrected chi connectivity index (χ1v) is 40.5. The Balaban J connectivity index is -0.000000203. The van der Waals surface area contributed by atoms with E-state index in [-0.39, 0.29) is 18.6 Å². The van der Waals surface area contributed by atoms with Crippen LogP contribution in [0.5, 0.6) is 0 Å². The van der Waals surface area contributed by atoms with Crippen LogP contribution in [0.15, 0.2) is 0 Å². The first-order chi connectivity index (χ1) is 47.5. The number of carbonyl (C=O) groups is 3. The maximum Gasteiger partial charge on any atom is 0.471 e. The van der Waals surface area contributed by atoms with Gasteiger partial charge in [0.1, 0.15) is 12.1 Å².